The van der Waals surface area contributed by atoms with Crippen molar-refractivity contribution in [2.24, 2.45) is 0 Å². The molecular weight excluding hydrogens is 671 g/mol. The van der Waals surface area contributed by atoms with Gasteiger partial charge in [-0.2, -0.15) is 0 Å². The van der Waals surface area contributed by atoms with E-state index in [9.17, 15) is 19.8 Å². The number of hydrogen-bond donors (Lipinski definition) is 3. The molecule has 0 saturated carbocycles. The van der Waals surface area contributed by atoms with Gasteiger partial charge >= 0.3 is 5.97 Å². The number of aliphatic hydroxyl groups excluding tert-OH is 2. The summed E-state index contributed by atoms with van der Waals surface area (Å²) in [4.78, 5) is 24.4. The molecular formula is C48H91NO5. The van der Waals surface area contributed by atoms with Crippen molar-refractivity contribution in [3.63, 3.8) is 0 Å². The fourth-order valence-electron chi connectivity index (χ4n) is 7.04. The topological polar surface area (TPSA) is 95.9 Å². The van der Waals surface area contributed by atoms with Gasteiger partial charge in [0, 0.05) is 12.8 Å². The summed E-state index contributed by atoms with van der Waals surface area (Å²) in [6, 6.07) is -0.647. The highest BCUT2D eigenvalue weighted by Gasteiger charge is 2.18. The molecule has 0 spiro atoms. The van der Waals surface area contributed by atoms with Crippen molar-refractivity contribution >= 4 is 11.9 Å². The van der Waals surface area contributed by atoms with E-state index >= 15 is 0 Å². The molecule has 0 rings (SSSR count). The summed E-state index contributed by atoms with van der Waals surface area (Å²) in [7, 11) is 0. The average Bonchev–Trinajstić information content (AvgIpc) is 3.17. The second-order valence-corrected chi connectivity index (χ2v) is 16.1. The average molecular weight is 762 g/mol. The molecule has 0 radical (unpaired) electrons. The first kappa shape index (κ1) is 52.3. The van der Waals surface area contributed by atoms with Crippen molar-refractivity contribution in [1.29, 1.82) is 0 Å². The molecule has 3 N–H and O–H groups in total. The number of esters is 1. The van der Waals surface area contributed by atoms with E-state index in [1.54, 1.807) is 6.08 Å². The van der Waals surface area contributed by atoms with Gasteiger partial charge in [0.05, 0.1) is 25.4 Å². The monoisotopic (exact) mass is 762 g/mol. The number of unbranched alkanes of at least 4 members (excludes halogenated alkanes) is 30. The van der Waals surface area contributed by atoms with Crippen molar-refractivity contribution in [2.45, 2.75) is 257 Å². The van der Waals surface area contributed by atoms with Crippen molar-refractivity contribution in [1.82, 2.24) is 5.32 Å². The molecule has 0 heterocycles. The van der Waals surface area contributed by atoms with Crippen LogP contribution in [0.1, 0.15) is 245 Å². The number of allylic oxidation sites excluding steroid dienone is 3. The van der Waals surface area contributed by atoms with E-state index in [0.29, 0.717) is 19.4 Å². The molecule has 0 aliphatic heterocycles. The van der Waals surface area contributed by atoms with E-state index in [-0.39, 0.29) is 18.5 Å². The highest BCUT2D eigenvalue weighted by Crippen LogP contribution is 2.15. The van der Waals surface area contributed by atoms with Gasteiger partial charge in [-0.3, -0.25) is 9.59 Å². The van der Waals surface area contributed by atoms with Crippen LogP contribution in [0.5, 0.6) is 0 Å². The minimum atomic E-state index is -0.861. The first-order chi connectivity index (χ1) is 26.5. The number of carbonyl (C=O) groups is 2. The molecule has 6 heteroatoms. The van der Waals surface area contributed by atoms with E-state index in [0.717, 1.165) is 57.8 Å². The van der Waals surface area contributed by atoms with Crippen LogP contribution < -0.4 is 5.32 Å². The summed E-state index contributed by atoms with van der Waals surface area (Å²) < 4.78 is 5.43. The third kappa shape index (κ3) is 40.0. The van der Waals surface area contributed by atoms with Crippen LogP contribution in [-0.2, 0) is 14.3 Å². The Balaban J connectivity index is 3.54. The van der Waals surface area contributed by atoms with Gasteiger partial charge in [0.1, 0.15) is 0 Å². The first-order valence-electron chi connectivity index (χ1n) is 23.6. The minimum Gasteiger partial charge on any atom is -0.466 e. The number of nitrogens with one attached hydrogen (secondary N) is 1. The molecule has 0 fully saturated rings. The van der Waals surface area contributed by atoms with Gasteiger partial charge in [-0.05, 0) is 57.8 Å². The van der Waals surface area contributed by atoms with Gasteiger partial charge in [-0.15, -0.1) is 0 Å². The van der Waals surface area contributed by atoms with E-state index in [4.69, 9.17) is 4.74 Å². The van der Waals surface area contributed by atoms with E-state index in [1.165, 1.54) is 161 Å². The Bertz CT molecular complexity index is 843. The van der Waals surface area contributed by atoms with Crippen LogP contribution in [0.4, 0.5) is 0 Å². The van der Waals surface area contributed by atoms with Crippen LogP contribution >= 0.6 is 0 Å². The Morgan fingerprint density at radius 3 is 1.31 bits per heavy atom. The maximum atomic E-state index is 12.4. The standard InChI is InChI=1S/C48H91NO5/c1-3-5-7-9-11-13-15-17-19-21-24-28-32-36-40-46(51)45(44-50)49-47(52)41-37-33-29-25-23-27-31-35-39-43-54-48(53)42-38-34-30-26-22-20-18-16-14-12-10-8-6-4-2/h16,18,36,40,45-46,50-51H,3-15,17,19-35,37-39,41-44H2,1-2H3,(H,49,52)/b18-16-,40-36+. The summed E-state index contributed by atoms with van der Waals surface area (Å²) in [5, 5.41) is 23.0. The number of aliphatic hydroxyl groups is 2. The van der Waals surface area contributed by atoms with Crippen LogP contribution in [0.3, 0.4) is 0 Å². The summed E-state index contributed by atoms with van der Waals surface area (Å²) in [6.07, 6.45) is 50.2. The Morgan fingerprint density at radius 2 is 0.870 bits per heavy atom. The van der Waals surface area contributed by atoms with Gasteiger partial charge < -0.3 is 20.3 Å². The molecule has 0 aromatic heterocycles. The van der Waals surface area contributed by atoms with Crippen LogP contribution in [0, 0.1) is 0 Å². The van der Waals surface area contributed by atoms with Gasteiger partial charge in [-0.25, -0.2) is 0 Å². The zero-order valence-electron chi connectivity index (χ0n) is 36.0. The Morgan fingerprint density at radius 1 is 0.500 bits per heavy atom. The zero-order valence-corrected chi connectivity index (χ0v) is 36.0. The minimum absolute atomic E-state index is 0.0364. The Kier molecular flexibility index (Phi) is 42.7. The zero-order chi connectivity index (χ0) is 39.4. The van der Waals surface area contributed by atoms with Gasteiger partial charge in [0.15, 0.2) is 0 Å². The molecule has 0 aromatic carbocycles. The fraction of sp³-hybridized carbons (Fsp3) is 0.875. The van der Waals surface area contributed by atoms with Gasteiger partial charge in [-0.1, -0.05) is 199 Å². The molecule has 2 unspecified atom stereocenters. The molecule has 1 amide bonds. The third-order valence-electron chi connectivity index (χ3n) is 10.7. The summed E-state index contributed by atoms with van der Waals surface area (Å²) in [6.45, 7) is 4.81. The quantitative estimate of drug-likeness (QED) is 0.0327. The van der Waals surface area contributed by atoms with Crippen molar-refractivity contribution in [2.75, 3.05) is 13.2 Å². The lowest BCUT2D eigenvalue weighted by Crippen LogP contribution is -2.45. The molecule has 6 nitrogen and oxygen atoms in total. The molecule has 0 aliphatic rings. The number of rotatable bonds is 43. The molecule has 0 aromatic rings. The summed E-state index contributed by atoms with van der Waals surface area (Å²) in [5.74, 6) is -0.133. The number of hydrogen-bond acceptors (Lipinski definition) is 5. The van der Waals surface area contributed by atoms with Crippen molar-refractivity contribution in [3.8, 4) is 0 Å². The van der Waals surface area contributed by atoms with Crippen LogP contribution in [0.15, 0.2) is 24.3 Å². The SMILES string of the molecule is CCCCCCC/C=C\CCCCCCCC(=O)OCCCCCCCCCCCC(=O)NC(CO)C(O)/C=C/CCCCCCCCCCCCCC. The third-order valence-corrected chi connectivity index (χ3v) is 10.7. The molecule has 0 bridgehead atoms. The number of carbonyl (C=O) groups excluding carboxylic acids is 2. The second-order valence-electron chi connectivity index (χ2n) is 16.1. The maximum Gasteiger partial charge on any atom is 0.305 e. The molecule has 0 saturated heterocycles. The van der Waals surface area contributed by atoms with Crippen molar-refractivity contribution in [3.05, 3.63) is 24.3 Å². The molecule has 318 valence electrons. The second kappa shape index (κ2) is 44.1. The fourth-order valence-corrected chi connectivity index (χ4v) is 7.04. The normalized spacial score (nSPS) is 12.9. The summed E-state index contributed by atoms with van der Waals surface area (Å²) in [5.41, 5.74) is 0. The lowest BCUT2D eigenvalue weighted by atomic mass is 10.0. The predicted octanol–water partition coefficient (Wildman–Crippen LogP) is 13.6. The van der Waals surface area contributed by atoms with Gasteiger partial charge in [0.25, 0.3) is 0 Å². The molecule has 2 atom stereocenters. The smallest absolute Gasteiger partial charge is 0.305 e. The largest absolute Gasteiger partial charge is 0.466 e. The van der Waals surface area contributed by atoms with Crippen LogP contribution in [0.25, 0.3) is 0 Å². The molecule has 0 aliphatic carbocycles. The van der Waals surface area contributed by atoms with Gasteiger partial charge in [0.2, 0.25) is 5.91 Å². The highest BCUT2D eigenvalue weighted by molar-refractivity contribution is 5.76. The highest BCUT2D eigenvalue weighted by atomic mass is 16.5. The van der Waals surface area contributed by atoms with Crippen LogP contribution in [0.2, 0.25) is 0 Å². The Labute approximate surface area is 335 Å². The van der Waals surface area contributed by atoms with E-state index in [2.05, 4.69) is 31.3 Å². The van der Waals surface area contributed by atoms with Crippen LogP contribution in [-0.4, -0.2) is 47.4 Å². The number of ether oxygens (including phenoxy) is 1. The molecule has 54 heavy (non-hydrogen) atoms. The maximum absolute atomic E-state index is 12.4. The lowest BCUT2D eigenvalue weighted by molar-refractivity contribution is -0.143. The number of amides is 1. The Hall–Kier alpha value is -1.66. The summed E-state index contributed by atoms with van der Waals surface area (Å²) >= 11 is 0. The van der Waals surface area contributed by atoms with E-state index in [1.807, 2.05) is 6.08 Å². The van der Waals surface area contributed by atoms with Crippen molar-refractivity contribution < 1.29 is 24.5 Å². The predicted molar refractivity (Wildman–Crippen MR) is 232 cm³/mol. The lowest BCUT2D eigenvalue weighted by Gasteiger charge is -2.20. The van der Waals surface area contributed by atoms with E-state index < -0.39 is 12.1 Å². The first-order valence-corrected chi connectivity index (χ1v) is 23.6.